The zero-order valence-electron chi connectivity index (χ0n) is 12.2. The number of imidazole rings is 1. The van der Waals surface area contributed by atoms with Crippen LogP contribution >= 0.6 is 0 Å². The van der Waals surface area contributed by atoms with Crippen molar-refractivity contribution >= 4 is 0 Å². The molecule has 0 amide bonds. The van der Waals surface area contributed by atoms with Crippen LogP contribution in [0.15, 0.2) is 36.9 Å². The normalized spacial score (nSPS) is 21.4. The molecule has 110 valence electrons. The van der Waals surface area contributed by atoms with E-state index >= 15 is 0 Å². The standard InChI is InChI=1S/C17H21N3O/c1-2-16(12-19-8-6-18-13-19)20(7-1)11-14-3-4-17-15(10-14)5-9-21-17/h3-4,6,8,10,13,16H,1-2,5,7,9,11-12H2. The van der Waals surface area contributed by atoms with E-state index in [-0.39, 0.29) is 0 Å². The minimum absolute atomic E-state index is 0.628. The molecule has 2 aliphatic rings. The van der Waals surface area contributed by atoms with Gasteiger partial charge in [-0.2, -0.15) is 0 Å². The molecule has 4 rings (SSSR count). The van der Waals surface area contributed by atoms with Crippen LogP contribution in [-0.2, 0) is 19.5 Å². The van der Waals surface area contributed by atoms with Crippen molar-refractivity contribution in [1.82, 2.24) is 14.5 Å². The van der Waals surface area contributed by atoms with Crippen molar-refractivity contribution in [3.63, 3.8) is 0 Å². The summed E-state index contributed by atoms with van der Waals surface area (Å²) < 4.78 is 7.78. The predicted molar refractivity (Wildman–Crippen MR) is 81.3 cm³/mol. The van der Waals surface area contributed by atoms with Crippen molar-refractivity contribution in [3.05, 3.63) is 48.0 Å². The topological polar surface area (TPSA) is 30.3 Å². The van der Waals surface area contributed by atoms with Crippen LogP contribution in [0.5, 0.6) is 5.75 Å². The number of ether oxygens (including phenoxy) is 1. The number of nitrogens with zero attached hydrogens (tertiary/aromatic N) is 3. The molecule has 2 aliphatic heterocycles. The first-order valence-corrected chi connectivity index (χ1v) is 7.83. The van der Waals surface area contributed by atoms with Crippen LogP contribution in [-0.4, -0.2) is 33.6 Å². The van der Waals surface area contributed by atoms with Crippen molar-refractivity contribution in [2.24, 2.45) is 0 Å². The third-order valence-electron chi connectivity index (χ3n) is 4.62. The zero-order valence-corrected chi connectivity index (χ0v) is 12.2. The van der Waals surface area contributed by atoms with Crippen LogP contribution in [0.25, 0.3) is 0 Å². The molecule has 0 radical (unpaired) electrons. The van der Waals surface area contributed by atoms with Crippen LogP contribution in [0.3, 0.4) is 0 Å². The van der Waals surface area contributed by atoms with Crippen molar-refractivity contribution < 1.29 is 4.74 Å². The van der Waals surface area contributed by atoms with E-state index in [0.29, 0.717) is 6.04 Å². The Hall–Kier alpha value is -1.81. The summed E-state index contributed by atoms with van der Waals surface area (Å²) in [6.07, 6.45) is 9.48. The van der Waals surface area contributed by atoms with Gasteiger partial charge in [0.25, 0.3) is 0 Å². The van der Waals surface area contributed by atoms with Gasteiger partial charge in [-0.25, -0.2) is 4.98 Å². The number of hydrogen-bond acceptors (Lipinski definition) is 3. The molecule has 0 saturated carbocycles. The van der Waals surface area contributed by atoms with Crippen LogP contribution in [0.2, 0.25) is 0 Å². The molecule has 1 unspecified atom stereocenters. The van der Waals surface area contributed by atoms with Crippen LogP contribution in [0.4, 0.5) is 0 Å². The SMILES string of the molecule is c1cn(CC2CCCN2Cc2ccc3c(c2)CCO3)cn1. The highest BCUT2D eigenvalue weighted by Gasteiger charge is 2.25. The summed E-state index contributed by atoms with van der Waals surface area (Å²) >= 11 is 0. The fourth-order valence-corrected chi connectivity index (χ4v) is 3.52. The molecule has 0 aliphatic carbocycles. The van der Waals surface area contributed by atoms with Gasteiger partial charge < -0.3 is 9.30 Å². The van der Waals surface area contributed by atoms with Crippen LogP contribution in [0, 0.1) is 0 Å². The van der Waals surface area contributed by atoms with Gasteiger partial charge in [-0.15, -0.1) is 0 Å². The fraction of sp³-hybridized carbons (Fsp3) is 0.471. The quantitative estimate of drug-likeness (QED) is 0.863. The van der Waals surface area contributed by atoms with Crippen LogP contribution in [0.1, 0.15) is 24.0 Å². The Kier molecular flexibility index (Phi) is 3.39. The van der Waals surface area contributed by atoms with E-state index in [1.807, 2.05) is 12.5 Å². The lowest BCUT2D eigenvalue weighted by atomic mass is 10.1. The summed E-state index contributed by atoms with van der Waals surface area (Å²) in [5, 5.41) is 0. The summed E-state index contributed by atoms with van der Waals surface area (Å²) in [7, 11) is 0. The van der Waals surface area contributed by atoms with Crippen molar-refractivity contribution in [2.75, 3.05) is 13.2 Å². The third kappa shape index (κ3) is 2.68. The van der Waals surface area contributed by atoms with Crippen LogP contribution < -0.4 is 4.74 Å². The number of hydrogen-bond donors (Lipinski definition) is 0. The second kappa shape index (κ2) is 5.53. The number of likely N-dealkylation sites (tertiary alicyclic amines) is 1. The highest BCUT2D eigenvalue weighted by atomic mass is 16.5. The fourth-order valence-electron chi connectivity index (χ4n) is 3.52. The van der Waals surface area contributed by atoms with E-state index in [2.05, 4.69) is 38.8 Å². The molecule has 3 heterocycles. The lowest BCUT2D eigenvalue weighted by Gasteiger charge is -2.25. The van der Waals surface area contributed by atoms with Gasteiger partial charge in [-0.3, -0.25) is 4.90 Å². The van der Waals surface area contributed by atoms with Gasteiger partial charge in [0.2, 0.25) is 0 Å². The first-order chi connectivity index (χ1) is 10.4. The Bertz CT molecular complexity index is 609. The maximum atomic E-state index is 5.59. The summed E-state index contributed by atoms with van der Waals surface area (Å²) in [5.41, 5.74) is 2.79. The van der Waals surface area contributed by atoms with Gasteiger partial charge in [0, 0.05) is 37.9 Å². The number of benzene rings is 1. The van der Waals surface area contributed by atoms with E-state index in [9.17, 15) is 0 Å². The zero-order chi connectivity index (χ0) is 14.1. The summed E-state index contributed by atoms with van der Waals surface area (Å²) in [6, 6.07) is 7.31. The van der Waals surface area contributed by atoms with Gasteiger partial charge >= 0.3 is 0 Å². The predicted octanol–water partition coefficient (Wildman–Crippen LogP) is 2.48. The van der Waals surface area contributed by atoms with Gasteiger partial charge in [0.15, 0.2) is 0 Å². The van der Waals surface area contributed by atoms with Gasteiger partial charge in [-0.1, -0.05) is 12.1 Å². The van der Waals surface area contributed by atoms with Gasteiger partial charge in [0.1, 0.15) is 5.75 Å². The van der Waals surface area contributed by atoms with Crippen molar-refractivity contribution in [2.45, 2.75) is 38.4 Å². The Morgan fingerprint density at radius 1 is 1.33 bits per heavy atom. The molecule has 1 aromatic heterocycles. The first-order valence-electron chi connectivity index (χ1n) is 7.83. The highest BCUT2D eigenvalue weighted by Crippen LogP contribution is 2.28. The lowest BCUT2D eigenvalue weighted by molar-refractivity contribution is 0.224. The van der Waals surface area contributed by atoms with E-state index < -0.39 is 0 Å². The maximum Gasteiger partial charge on any atom is 0.122 e. The Balaban J connectivity index is 1.45. The first kappa shape index (κ1) is 12.9. The summed E-state index contributed by atoms with van der Waals surface area (Å²) in [4.78, 5) is 6.75. The monoisotopic (exact) mass is 283 g/mol. The smallest absolute Gasteiger partial charge is 0.122 e. The van der Waals surface area contributed by atoms with E-state index in [1.54, 1.807) is 0 Å². The van der Waals surface area contributed by atoms with Gasteiger partial charge in [-0.05, 0) is 36.6 Å². The molecule has 1 aromatic carbocycles. The third-order valence-corrected chi connectivity index (χ3v) is 4.62. The maximum absolute atomic E-state index is 5.59. The van der Waals surface area contributed by atoms with Gasteiger partial charge in [0.05, 0.1) is 12.9 Å². The van der Waals surface area contributed by atoms with E-state index in [4.69, 9.17) is 4.74 Å². The van der Waals surface area contributed by atoms with E-state index in [1.165, 1.54) is 30.5 Å². The number of fused-ring (bicyclic) bond motifs is 1. The largest absolute Gasteiger partial charge is 0.493 e. The summed E-state index contributed by atoms with van der Waals surface area (Å²) in [5.74, 6) is 1.08. The minimum atomic E-state index is 0.628. The molecular formula is C17H21N3O. The number of aromatic nitrogens is 2. The molecule has 2 aromatic rings. The average Bonchev–Trinajstić information content (AvgIpc) is 3.22. The molecule has 4 nitrogen and oxygen atoms in total. The molecule has 21 heavy (non-hydrogen) atoms. The summed E-state index contributed by atoms with van der Waals surface area (Å²) in [6.45, 7) is 4.14. The minimum Gasteiger partial charge on any atom is -0.493 e. The Morgan fingerprint density at radius 2 is 2.33 bits per heavy atom. The van der Waals surface area contributed by atoms with Crippen molar-refractivity contribution in [1.29, 1.82) is 0 Å². The molecular weight excluding hydrogens is 262 g/mol. The lowest BCUT2D eigenvalue weighted by Crippen LogP contribution is -2.32. The second-order valence-electron chi connectivity index (χ2n) is 6.07. The van der Waals surface area contributed by atoms with E-state index in [0.717, 1.165) is 31.9 Å². The number of rotatable bonds is 4. The molecule has 1 atom stereocenters. The molecule has 0 spiro atoms. The molecule has 4 heteroatoms. The molecule has 0 bridgehead atoms. The second-order valence-corrected chi connectivity index (χ2v) is 6.07. The molecule has 1 fully saturated rings. The Labute approximate surface area is 125 Å². The molecule has 0 N–H and O–H groups in total. The molecule has 1 saturated heterocycles. The Morgan fingerprint density at radius 3 is 3.24 bits per heavy atom. The highest BCUT2D eigenvalue weighted by molar-refractivity contribution is 5.39. The average molecular weight is 283 g/mol. The van der Waals surface area contributed by atoms with Crippen molar-refractivity contribution in [3.8, 4) is 5.75 Å².